The molecule has 0 spiro atoms. The first-order chi connectivity index (χ1) is 13.2. The molecular formula is C22H26N2O3. The van der Waals surface area contributed by atoms with Gasteiger partial charge in [0, 0.05) is 24.9 Å². The Morgan fingerprint density at radius 1 is 1.19 bits per heavy atom. The first-order valence-electron chi connectivity index (χ1n) is 9.39. The van der Waals surface area contributed by atoms with Crippen LogP contribution in [-0.2, 0) is 16.2 Å². The molecule has 142 valence electrons. The lowest BCUT2D eigenvalue weighted by molar-refractivity contribution is -0.133. The fraction of sp³-hybridized carbons (Fsp3) is 0.364. The maximum atomic E-state index is 12.6. The summed E-state index contributed by atoms with van der Waals surface area (Å²) in [5.74, 6) is 0.930. The van der Waals surface area contributed by atoms with E-state index in [0.29, 0.717) is 25.9 Å². The molecule has 5 heteroatoms. The number of para-hydroxylation sites is 1. The summed E-state index contributed by atoms with van der Waals surface area (Å²) >= 11 is 0. The number of hydrogen-bond donors (Lipinski definition) is 0. The lowest BCUT2D eigenvalue weighted by Crippen LogP contribution is -2.37. The van der Waals surface area contributed by atoms with E-state index in [-0.39, 0.29) is 12.0 Å². The Labute approximate surface area is 160 Å². The van der Waals surface area contributed by atoms with Crippen LogP contribution in [-0.4, -0.2) is 36.3 Å². The second-order valence-corrected chi connectivity index (χ2v) is 6.68. The predicted octanol–water partition coefficient (Wildman–Crippen LogP) is 4.02. The topological polar surface area (TPSA) is 51.1 Å². The minimum absolute atomic E-state index is 0.144. The van der Waals surface area contributed by atoms with Crippen molar-refractivity contribution >= 4 is 11.6 Å². The van der Waals surface area contributed by atoms with Crippen molar-refractivity contribution in [2.24, 2.45) is 5.16 Å². The molecule has 1 atom stereocenters. The summed E-state index contributed by atoms with van der Waals surface area (Å²) in [6.07, 6.45) is 1.89. The van der Waals surface area contributed by atoms with Crippen LogP contribution < -0.4 is 4.74 Å². The van der Waals surface area contributed by atoms with Crippen LogP contribution in [0.1, 0.15) is 37.3 Å². The van der Waals surface area contributed by atoms with E-state index in [1.165, 1.54) is 0 Å². The highest BCUT2D eigenvalue weighted by molar-refractivity contribution is 6.03. The number of ether oxygens (including phenoxy) is 1. The van der Waals surface area contributed by atoms with Crippen molar-refractivity contribution < 1.29 is 14.4 Å². The number of benzene rings is 2. The third-order valence-electron chi connectivity index (χ3n) is 4.61. The summed E-state index contributed by atoms with van der Waals surface area (Å²) in [6, 6.07) is 17.8. The molecule has 2 aromatic carbocycles. The number of rotatable bonds is 8. The van der Waals surface area contributed by atoms with Gasteiger partial charge in [0.2, 0.25) is 5.91 Å². The fourth-order valence-corrected chi connectivity index (χ4v) is 3.24. The highest BCUT2D eigenvalue weighted by Crippen LogP contribution is 2.25. The highest BCUT2D eigenvalue weighted by atomic mass is 16.6. The van der Waals surface area contributed by atoms with E-state index in [9.17, 15) is 4.79 Å². The van der Waals surface area contributed by atoms with Gasteiger partial charge in [-0.3, -0.25) is 4.79 Å². The maximum Gasteiger partial charge on any atom is 0.222 e. The molecular weight excluding hydrogens is 340 g/mol. The second-order valence-electron chi connectivity index (χ2n) is 6.68. The largest absolute Gasteiger partial charge is 0.496 e. The molecule has 3 rings (SSSR count). The van der Waals surface area contributed by atoms with Crippen molar-refractivity contribution in [1.29, 1.82) is 0 Å². The molecule has 2 aromatic rings. The van der Waals surface area contributed by atoms with Gasteiger partial charge >= 0.3 is 0 Å². The summed E-state index contributed by atoms with van der Waals surface area (Å²) in [6.45, 7) is 3.13. The monoisotopic (exact) mass is 366 g/mol. The number of oxime groups is 1. The van der Waals surface area contributed by atoms with Crippen LogP contribution in [0.25, 0.3) is 0 Å². The van der Waals surface area contributed by atoms with Crippen LogP contribution in [0.5, 0.6) is 5.75 Å². The Morgan fingerprint density at radius 2 is 1.93 bits per heavy atom. The van der Waals surface area contributed by atoms with E-state index in [2.05, 4.69) is 5.16 Å². The molecule has 1 aliphatic rings. The number of amides is 1. The molecule has 0 saturated heterocycles. The van der Waals surface area contributed by atoms with Crippen molar-refractivity contribution in [3.05, 3.63) is 65.7 Å². The number of nitrogens with zero attached hydrogens (tertiary/aromatic N) is 2. The Hall–Kier alpha value is -2.82. The van der Waals surface area contributed by atoms with E-state index in [0.717, 1.165) is 29.0 Å². The average molecular weight is 366 g/mol. The Bertz CT molecular complexity index is 789. The van der Waals surface area contributed by atoms with E-state index in [1.54, 1.807) is 7.11 Å². The van der Waals surface area contributed by atoms with E-state index in [1.807, 2.05) is 66.4 Å². The molecule has 0 N–H and O–H groups in total. The highest BCUT2D eigenvalue weighted by Gasteiger charge is 2.27. The van der Waals surface area contributed by atoms with Gasteiger partial charge in [0.05, 0.1) is 19.4 Å². The van der Waals surface area contributed by atoms with Crippen LogP contribution in [0.3, 0.4) is 0 Å². The van der Waals surface area contributed by atoms with Crippen molar-refractivity contribution in [1.82, 2.24) is 4.90 Å². The number of hydrogen-bond acceptors (Lipinski definition) is 4. The molecule has 1 aliphatic heterocycles. The SMILES string of the molecule is CCCC(=O)N(Cc1ccccc1)CC1CC(c2ccccc2OC)=NO1. The summed E-state index contributed by atoms with van der Waals surface area (Å²) < 4.78 is 5.42. The normalized spacial score (nSPS) is 15.8. The first kappa shape index (κ1) is 19.0. The number of methoxy groups -OCH3 is 1. The van der Waals surface area contributed by atoms with Gasteiger partial charge in [-0.25, -0.2) is 0 Å². The third kappa shape index (κ3) is 4.88. The van der Waals surface area contributed by atoms with Crippen LogP contribution in [0, 0.1) is 0 Å². The molecule has 0 fully saturated rings. The van der Waals surface area contributed by atoms with Gasteiger partial charge in [-0.2, -0.15) is 0 Å². The lowest BCUT2D eigenvalue weighted by Gasteiger charge is -2.25. The molecule has 0 aromatic heterocycles. The molecule has 1 heterocycles. The number of carbonyl (C=O) groups is 1. The summed E-state index contributed by atoms with van der Waals surface area (Å²) in [7, 11) is 1.65. The van der Waals surface area contributed by atoms with Gasteiger partial charge in [-0.1, -0.05) is 54.5 Å². The van der Waals surface area contributed by atoms with Crippen LogP contribution in [0.2, 0.25) is 0 Å². The molecule has 0 radical (unpaired) electrons. The molecule has 0 bridgehead atoms. The Balaban J connectivity index is 1.67. The third-order valence-corrected chi connectivity index (χ3v) is 4.61. The zero-order valence-electron chi connectivity index (χ0n) is 15.9. The van der Waals surface area contributed by atoms with Crippen molar-refractivity contribution in [3.8, 4) is 5.75 Å². The van der Waals surface area contributed by atoms with Crippen molar-refractivity contribution in [2.75, 3.05) is 13.7 Å². The summed E-state index contributed by atoms with van der Waals surface area (Å²) in [5.41, 5.74) is 2.92. The smallest absolute Gasteiger partial charge is 0.222 e. The lowest BCUT2D eigenvalue weighted by atomic mass is 10.0. The zero-order valence-corrected chi connectivity index (χ0v) is 15.9. The van der Waals surface area contributed by atoms with Gasteiger partial charge in [-0.05, 0) is 24.1 Å². The standard InChI is InChI=1S/C22H26N2O3/c1-3-9-22(25)24(15-17-10-5-4-6-11-17)16-18-14-20(23-27-18)19-12-7-8-13-21(19)26-2/h4-8,10-13,18H,3,9,14-16H2,1-2H3. The Kier molecular flexibility index (Phi) is 6.47. The summed E-state index contributed by atoms with van der Waals surface area (Å²) in [4.78, 5) is 20.1. The van der Waals surface area contributed by atoms with Gasteiger partial charge in [0.15, 0.2) is 6.10 Å². The van der Waals surface area contributed by atoms with Crippen molar-refractivity contribution in [2.45, 2.75) is 38.8 Å². The minimum Gasteiger partial charge on any atom is -0.496 e. The van der Waals surface area contributed by atoms with Crippen LogP contribution in [0.4, 0.5) is 0 Å². The summed E-state index contributed by atoms with van der Waals surface area (Å²) in [5, 5.41) is 4.26. The molecule has 0 aliphatic carbocycles. The van der Waals surface area contributed by atoms with E-state index in [4.69, 9.17) is 9.57 Å². The minimum atomic E-state index is -0.144. The first-order valence-corrected chi connectivity index (χ1v) is 9.39. The average Bonchev–Trinajstić information content (AvgIpc) is 3.17. The molecule has 0 saturated carbocycles. The van der Waals surface area contributed by atoms with E-state index >= 15 is 0 Å². The predicted molar refractivity (Wildman–Crippen MR) is 106 cm³/mol. The molecule has 1 amide bonds. The van der Waals surface area contributed by atoms with Gasteiger partial charge in [0.25, 0.3) is 0 Å². The quantitative estimate of drug-likeness (QED) is 0.709. The fourth-order valence-electron chi connectivity index (χ4n) is 3.24. The molecule has 27 heavy (non-hydrogen) atoms. The Morgan fingerprint density at radius 3 is 2.67 bits per heavy atom. The second kappa shape index (κ2) is 9.21. The number of carbonyl (C=O) groups excluding carboxylic acids is 1. The van der Waals surface area contributed by atoms with Crippen LogP contribution in [0.15, 0.2) is 59.8 Å². The maximum absolute atomic E-state index is 12.6. The van der Waals surface area contributed by atoms with Gasteiger partial charge in [-0.15, -0.1) is 0 Å². The van der Waals surface area contributed by atoms with Gasteiger partial charge < -0.3 is 14.5 Å². The zero-order chi connectivity index (χ0) is 19.1. The molecule has 5 nitrogen and oxygen atoms in total. The van der Waals surface area contributed by atoms with Gasteiger partial charge in [0.1, 0.15) is 5.75 Å². The van der Waals surface area contributed by atoms with Crippen molar-refractivity contribution in [3.63, 3.8) is 0 Å². The molecule has 1 unspecified atom stereocenters. The van der Waals surface area contributed by atoms with E-state index < -0.39 is 0 Å². The van der Waals surface area contributed by atoms with Crippen LogP contribution >= 0.6 is 0 Å².